The van der Waals surface area contributed by atoms with Crippen LogP contribution in [0.2, 0.25) is 0 Å². The van der Waals surface area contributed by atoms with E-state index in [4.69, 9.17) is 4.74 Å². The first kappa shape index (κ1) is 23.4. The van der Waals surface area contributed by atoms with E-state index in [0.717, 1.165) is 37.2 Å². The van der Waals surface area contributed by atoms with Gasteiger partial charge in [-0.2, -0.15) is 0 Å². The van der Waals surface area contributed by atoms with Gasteiger partial charge in [-0.3, -0.25) is 9.78 Å². The van der Waals surface area contributed by atoms with Crippen molar-refractivity contribution in [3.8, 4) is 0 Å². The van der Waals surface area contributed by atoms with Crippen molar-refractivity contribution < 1.29 is 23.0 Å². The third-order valence-electron chi connectivity index (χ3n) is 8.08. The fourth-order valence-corrected chi connectivity index (χ4v) is 6.18. The number of benzene rings is 1. The number of pyridine rings is 2. The number of hydrogen-bond acceptors (Lipinski definition) is 5. The molecule has 1 aliphatic carbocycles. The molecule has 2 aromatic heterocycles. The van der Waals surface area contributed by atoms with Crippen LogP contribution in [0.3, 0.4) is 0 Å². The Kier molecular flexibility index (Phi) is 5.37. The van der Waals surface area contributed by atoms with Gasteiger partial charge in [0.2, 0.25) is 0 Å². The van der Waals surface area contributed by atoms with Crippen LogP contribution in [0.15, 0.2) is 47.4 Å². The lowest BCUT2D eigenvalue weighted by Crippen LogP contribution is -2.63. The third kappa shape index (κ3) is 3.77. The molecule has 9 heteroatoms. The van der Waals surface area contributed by atoms with E-state index in [-0.39, 0.29) is 35.2 Å². The third-order valence-corrected chi connectivity index (χ3v) is 8.08. The van der Waals surface area contributed by atoms with Crippen LogP contribution in [0.4, 0.5) is 13.2 Å². The van der Waals surface area contributed by atoms with Crippen molar-refractivity contribution in [2.24, 2.45) is 0 Å². The lowest BCUT2D eigenvalue weighted by molar-refractivity contribution is -0.191. The molecule has 6 nitrogen and oxygen atoms in total. The molecule has 36 heavy (non-hydrogen) atoms. The van der Waals surface area contributed by atoms with Gasteiger partial charge in [0.25, 0.3) is 5.56 Å². The molecule has 2 N–H and O–H groups in total. The minimum absolute atomic E-state index is 0.0307. The molecular weight excluding hydrogens is 471 g/mol. The summed E-state index contributed by atoms with van der Waals surface area (Å²) in [5.74, 6) is -1.59. The van der Waals surface area contributed by atoms with Gasteiger partial charge in [-0.25, -0.2) is 13.2 Å². The van der Waals surface area contributed by atoms with Gasteiger partial charge in [0.15, 0.2) is 0 Å². The Labute approximate surface area is 205 Å². The van der Waals surface area contributed by atoms with Crippen molar-refractivity contribution in [3.05, 3.63) is 81.5 Å². The Balaban J connectivity index is 1.15. The van der Waals surface area contributed by atoms with Gasteiger partial charge in [0.05, 0.1) is 36.0 Å². The zero-order valence-electron chi connectivity index (χ0n) is 19.6. The number of aromatic nitrogens is 2. The van der Waals surface area contributed by atoms with Crippen molar-refractivity contribution in [2.45, 2.75) is 55.4 Å². The average Bonchev–Trinajstić information content (AvgIpc) is 3.18. The van der Waals surface area contributed by atoms with Crippen LogP contribution in [0.5, 0.6) is 0 Å². The maximum atomic E-state index is 14.9. The number of hydrogen-bond donors (Lipinski definition) is 2. The molecule has 0 radical (unpaired) electrons. The molecule has 0 amide bonds. The molecule has 3 aliphatic heterocycles. The quantitative estimate of drug-likeness (QED) is 0.542. The Hall–Kier alpha value is -3.01. The van der Waals surface area contributed by atoms with Crippen LogP contribution in [0.1, 0.15) is 43.2 Å². The second-order valence-corrected chi connectivity index (χ2v) is 10.4. The zero-order chi connectivity index (χ0) is 25.1. The number of fused-ring (bicyclic) bond motifs is 3. The van der Waals surface area contributed by atoms with Gasteiger partial charge in [0.1, 0.15) is 23.1 Å². The summed E-state index contributed by atoms with van der Waals surface area (Å²) in [6, 6.07) is 6.28. The molecule has 1 saturated carbocycles. The van der Waals surface area contributed by atoms with E-state index in [9.17, 15) is 23.1 Å². The highest BCUT2D eigenvalue weighted by Gasteiger charge is 2.54. The van der Waals surface area contributed by atoms with Crippen molar-refractivity contribution >= 4 is 17.1 Å². The van der Waals surface area contributed by atoms with Crippen LogP contribution in [0, 0.1) is 17.5 Å². The van der Waals surface area contributed by atoms with Gasteiger partial charge in [-0.1, -0.05) is 12.2 Å². The Bertz CT molecular complexity index is 1430. The summed E-state index contributed by atoms with van der Waals surface area (Å²) in [6.07, 6.45) is 7.54. The first-order valence-corrected chi connectivity index (χ1v) is 12.1. The second kappa shape index (κ2) is 8.26. The summed E-state index contributed by atoms with van der Waals surface area (Å²) in [5.41, 5.74) is -1.59. The fourth-order valence-electron chi connectivity index (χ4n) is 6.18. The second-order valence-electron chi connectivity index (χ2n) is 10.4. The molecule has 0 spiro atoms. The predicted octanol–water partition coefficient (Wildman–Crippen LogP) is 3.79. The molecule has 5 heterocycles. The largest absolute Gasteiger partial charge is 0.383 e. The van der Waals surface area contributed by atoms with Gasteiger partial charge >= 0.3 is 0 Å². The molecule has 7 rings (SSSR count). The first-order valence-electron chi connectivity index (χ1n) is 12.1. The minimum Gasteiger partial charge on any atom is -0.383 e. The monoisotopic (exact) mass is 497 g/mol. The van der Waals surface area contributed by atoms with Crippen LogP contribution in [-0.2, 0) is 16.9 Å². The van der Waals surface area contributed by atoms with Gasteiger partial charge in [0, 0.05) is 35.7 Å². The van der Waals surface area contributed by atoms with Crippen molar-refractivity contribution in [3.63, 3.8) is 0 Å². The lowest BCUT2D eigenvalue weighted by atomic mass is 9.67. The molecule has 0 unspecified atom stereocenters. The maximum Gasteiger partial charge on any atom is 0.251 e. The lowest BCUT2D eigenvalue weighted by Gasteiger charge is -2.55. The standard InChI is InChI=1S/C27H26F3N3O3/c28-18-3-4-19(29)17(12-18)2-1-11-32-25-7-9-26(10-8-25,36-16-25)14-27(35)15-33-22(34)6-5-21-24(33)23(27)20(30)13-31-21/h1-6,12-13,32,35H,7-11,14-16H2/b2-1+/t25?,26?,27-/m0/s1. The van der Waals surface area contributed by atoms with E-state index in [0.29, 0.717) is 37.0 Å². The first-order chi connectivity index (χ1) is 17.2. The van der Waals surface area contributed by atoms with Crippen molar-refractivity contribution in [1.29, 1.82) is 0 Å². The highest BCUT2D eigenvalue weighted by Crippen LogP contribution is 2.51. The predicted molar refractivity (Wildman–Crippen MR) is 128 cm³/mol. The topological polar surface area (TPSA) is 76.4 Å². The summed E-state index contributed by atoms with van der Waals surface area (Å²) in [6.45, 7) is 0.859. The number of rotatable bonds is 6. The molecule has 3 aromatic rings. The summed E-state index contributed by atoms with van der Waals surface area (Å²) < 4.78 is 49.9. The number of nitrogens with one attached hydrogen (secondary N) is 1. The van der Waals surface area contributed by atoms with E-state index in [1.807, 2.05) is 0 Å². The zero-order valence-corrected chi connectivity index (χ0v) is 19.6. The highest BCUT2D eigenvalue weighted by atomic mass is 19.1. The van der Waals surface area contributed by atoms with Crippen LogP contribution in [-0.4, -0.2) is 38.9 Å². The Morgan fingerprint density at radius 3 is 2.67 bits per heavy atom. The average molecular weight is 498 g/mol. The van der Waals surface area contributed by atoms with Gasteiger partial charge < -0.3 is 19.7 Å². The van der Waals surface area contributed by atoms with E-state index in [2.05, 4.69) is 10.3 Å². The van der Waals surface area contributed by atoms with E-state index in [1.54, 1.807) is 18.2 Å². The van der Waals surface area contributed by atoms with Gasteiger partial charge in [-0.15, -0.1) is 0 Å². The van der Waals surface area contributed by atoms with Gasteiger partial charge in [-0.05, 0) is 49.9 Å². The van der Waals surface area contributed by atoms with Crippen LogP contribution < -0.4 is 10.9 Å². The van der Waals surface area contributed by atoms with Crippen LogP contribution in [0.25, 0.3) is 17.1 Å². The van der Waals surface area contributed by atoms with E-state index in [1.165, 1.54) is 10.6 Å². The molecule has 3 fully saturated rings. The Morgan fingerprint density at radius 1 is 1.11 bits per heavy atom. The van der Waals surface area contributed by atoms with E-state index < -0.39 is 28.7 Å². The molecule has 1 aromatic carbocycles. The SMILES string of the molecule is O=c1ccc2ncc(F)c3c2n1C[C@@]3(O)CC12CCC(NC/C=C/c3cc(F)ccc3F)(CC1)CO2. The van der Waals surface area contributed by atoms with Crippen molar-refractivity contribution in [2.75, 3.05) is 13.2 Å². The summed E-state index contributed by atoms with van der Waals surface area (Å²) in [4.78, 5) is 16.5. The molecule has 2 bridgehead atoms. The van der Waals surface area contributed by atoms with Crippen molar-refractivity contribution in [1.82, 2.24) is 14.9 Å². The molecule has 188 valence electrons. The normalized spacial score (nSPS) is 29.0. The number of ether oxygens (including phenoxy) is 1. The Morgan fingerprint density at radius 2 is 1.92 bits per heavy atom. The number of nitrogens with zero attached hydrogens (tertiary/aromatic N) is 2. The smallest absolute Gasteiger partial charge is 0.251 e. The highest BCUT2D eigenvalue weighted by molar-refractivity contribution is 5.81. The molecule has 2 saturated heterocycles. The minimum atomic E-state index is -1.57. The summed E-state index contributed by atoms with van der Waals surface area (Å²) in [5, 5.41) is 15.2. The van der Waals surface area contributed by atoms with Crippen LogP contribution >= 0.6 is 0 Å². The molecule has 1 atom stereocenters. The fraction of sp³-hybridized carbons (Fsp3) is 0.407. The molecular formula is C27H26F3N3O3. The van der Waals surface area contributed by atoms with E-state index >= 15 is 0 Å². The number of aliphatic hydroxyl groups is 1. The maximum absolute atomic E-state index is 14.9. The number of halogens is 3. The summed E-state index contributed by atoms with van der Waals surface area (Å²) in [7, 11) is 0. The molecule has 4 aliphatic rings. The summed E-state index contributed by atoms with van der Waals surface area (Å²) >= 11 is 0.